The van der Waals surface area contributed by atoms with Crippen molar-refractivity contribution in [2.24, 2.45) is 5.41 Å². The fourth-order valence-corrected chi connectivity index (χ4v) is 3.49. The molecule has 25 heavy (non-hydrogen) atoms. The van der Waals surface area contributed by atoms with Crippen LogP contribution in [0.1, 0.15) is 46.5 Å². The molecule has 134 valence electrons. The van der Waals surface area contributed by atoms with Crippen LogP contribution in [0.3, 0.4) is 0 Å². The van der Waals surface area contributed by atoms with E-state index in [1.807, 2.05) is 20.8 Å². The van der Waals surface area contributed by atoms with Gasteiger partial charge >= 0.3 is 0 Å². The monoisotopic (exact) mass is 406 g/mol. The topological polar surface area (TPSA) is 57.7 Å². The van der Waals surface area contributed by atoms with Gasteiger partial charge in [0.15, 0.2) is 0 Å². The number of imide groups is 1. The highest BCUT2D eigenvalue weighted by Crippen LogP contribution is 2.36. The number of halogens is 1. The zero-order valence-electron chi connectivity index (χ0n) is 14.8. The number of rotatable bonds is 4. The molecule has 0 bridgehead atoms. The van der Waals surface area contributed by atoms with Crippen molar-refractivity contribution in [3.63, 3.8) is 0 Å². The van der Waals surface area contributed by atoms with Crippen LogP contribution in [0.25, 0.3) is 0 Å². The lowest BCUT2D eigenvalue weighted by Crippen LogP contribution is -2.47. The molecule has 6 heteroatoms. The maximum atomic E-state index is 12.9. The summed E-state index contributed by atoms with van der Waals surface area (Å²) in [6, 6.07) is 6.50. The zero-order valence-corrected chi connectivity index (χ0v) is 16.4. The van der Waals surface area contributed by atoms with Gasteiger partial charge < -0.3 is 4.90 Å². The van der Waals surface area contributed by atoms with Gasteiger partial charge in [-0.3, -0.25) is 14.4 Å². The largest absolute Gasteiger partial charge is 0.327 e. The third-order valence-electron chi connectivity index (χ3n) is 4.45. The first-order valence-corrected chi connectivity index (χ1v) is 9.40. The Balaban J connectivity index is 1.84. The number of carbonyl (C=O) groups excluding carboxylic acids is 3. The van der Waals surface area contributed by atoms with Crippen LogP contribution in [0.4, 0.5) is 5.69 Å². The molecular weight excluding hydrogens is 384 g/mol. The lowest BCUT2D eigenvalue weighted by atomic mass is 9.91. The molecule has 1 saturated heterocycles. The maximum absolute atomic E-state index is 12.9. The van der Waals surface area contributed by atoms with E-state index in [0.29, 0.717) is 12.1 Å². The maximum Gasteiger partial charge on any atom is 0.257 e. The summed E-state index contributed by atoms with van der Waals surface area (Å²) in [5.41, 5.74) is 0.404. The second kappa shape index (κ2) is 6.56. The van der Waals surface area contributed by atoms with Crippen molar-refractivity contribution >= 4 is 39.3 Å². The number of nitrogens with zero attached hydrogens (tertiary/aromatic N) is 2. The molecule has 0 N–H and O–H groups in total. The van der Waals surface area contributed by atoms with Gasteiger partial charge in [-0.1, -0.05) is 36.7 Å². The second-order valence-corrected chi connectivity index (χ2v) is 8.95. The fraction of sp³-hybridized carbons (Fsp3) is 0.526. The molecule has 3 rings (SSSR count). The highest BCUT2D eigenvalue weighted by Gasteiger charge is 2.48. The molecule has 1 aliphatic heterocycles. The Labute approximate surface area is 156 Å². The molecule has 2 aliphatic rings. The summed E-state index contributed by atoms with van der Waals surface area (Å²) >= 11 is 3.35. The summed E-state index contributed by atoms with van der Waals surface area (Å²) in [5, 5.41) is 0. The van der Waals surface area contributed by atoms with E-state index in [-0.39, 0.29) is 35.6 Å². The summed E-state index contributed by atoms with van der Waals surface area (Å²) in [6.45, 7) is 6.02. The number of hydrogen-bond donors (Lipinski definition) is 0. The van der Waals surface area contributed by atoms with E-state index in [9.17, 15) is 14.4 Å². The summed E-state index contributed by atoms with van der Waals surface area (Å²) < 4.78 is 0.881. The van der Waals surface area contributed by atoms with Crippen LogP contribution in [0.5, 0.6) is 0 Å². The molecular formula is C19H23BrN2O3. The quantitative estimate of drug-likeness (QED) is 0.718. The molecule has 1 aliphatic carbocycles. The SMILES string of the molecule is CC(C)(C)CC(=O)N(C1CC1)C1CC(=O)N(c2ccc(Br)cc2)C1=O. The van der Waals surface area contributed by atoms with E-state index >= 15 is 0 Å². The molecule has 3 amide bonds. The number of amides is 3. The third kappa shape index (κ3) is 3.94. The Morgan fingerprint density at radius 1 is 1.20 bits per heavy atom. The van der Waals surface area contributed by atoms with Crippen molar-refractivity contribution < 1.29 is 14.4 Å². The number of anilines is 1. The Morgan fingerprint density at radius 2 is 1.80 bits per heavy atom. The van der Waals surface area contributed by atoms with Crippen LogP contribution >= 0.6 is 15.9 Å². The molecule has 0 radical (unpaired) electrons. The predicted molar refractivity (Wildman–Crippen MR) is 99.0 cm³/mol. The van der Waals surface area contributed by atoms with Gasteiger partial charge in [0.05, 0.1) is 12.1 Å². The fourth-order valence-electron chi connectivity index (χ4n) is 3.22. The van der Waals surface area contributed by atoms with Crippen molar-refractivity contribution in [1.29, 1.82) is 0 Å². The highest BCUT2D eigenvalue weighted by molar-refractivity contribution is 9.10. The lowest BCUT2D eigenvalue weighted by Gasteiger charge is -2.30. The van der Waals surface area contributed by atoms with E-state index in [2.05, 4.69) is 15.9 Å². The van der Waals surface area contributed by atoms with Gasteiger partial charge in [0.25, 0.3) is 5.91 Å². The number of carbonyl (C=O) groups is 3. The first kappa shape index (κ1) is 18.1. The van der Waals surface area contributed by atoms with Crippen LogP contribution in [0, 0.1) is 5.41 Å². The van der Waals surface area contributed by atoms with Crippen LogP contribution in [0.15, 0.2) is 28.7 Å². The smallest absolute Gasteiger partial charge is 0.257 e. The third-order valence-corrected chi connectivity index (χ3v) is 4.98. The molecule has 1 atom stereocenters. The van der Waals surface area contributed by atoms with Crippen LogP contribution < -0.4 is 4.90 Å². The van der Waals surface area contributed by atoms with E-state index in [0.717, 1.165) is 17.3 Å². The van der Waals surface area contributed by atoms with Gasteiger partial charge in [0.1, 0.15) is 6.04 Å². The summed E-state index contributed by atoms with van der Waals surface area (Å²) in [6.07, 6.45) is 2.26. The number of hydrogen-bond acceptors (Lipinski definition) is 3. The minimum Gasteiger partial charge on any atom is -0.327 e. The minimum absolute atomic E-state index is 0.0289. The number of benzene rings is 1. The molecule has 0 aromatic heterocycles. The molecule has 1 saturated carbocycles. The lowest BCUT2D eigenvalue weighted by molar-refractivity contribution is -0.140. The Kier molecular flexibility index (Phi) is 4.75. The molecule has 1 unspecified atom stereocenters. The molecule has 1 aromatic carbocycles. The molecule has 2 fully saturated rings. The van der Waals surface area contributed by atoms with Crippen molar-refractivity contribution in [1.82, 2.24) is 4.90 Å². The van der Waals surface area contributed by atoms with Crippen LogP contribution in [-0.2, 0) is 14.4 Å². The van der Waals surface area contributed by atoms with Gasteiger partial charge in [0.2, 0.25) is 11.8 Å². The van der Waals surface area contributed by atoms with Gasteiger partial charge in [-0.25, -0.2) is 4.90 Å². The standard InChI is InChI=1S/C19H23BrN2O3/c1-19(2,3)11-17(24)21(13-8-9-13)15-10-16(23)22(18(15)25)14-6-4-12(20)5-7-14/h4-7,13,15H,8-11H2,1-3H3. The van der Waals surface area contributed by atoms with Crippen molar-refractivity contribution in [3.05, 3.63) is 28.7 Å². The minimum atomic E-state index is -0.668. The van der Waals surface area contributed by atoms with E-state index in [1.54, 1.807) is 29.2 Å². The Bertz CT molecular complexity index is 704. The molecule has 5 nitrogen and oxygen atoms in total. The summed E-state index contributed by atoms with van der Waals surface area (Å²) in [5.74, 6) is -0.563. The van der Waals surface area contributed by atoms with Crippen molar-refractivity contribution in [2.75, 3.05) is 4.90 Å². The molecule has 1 heterocycles. The van der Waals surface area contributed by atoms with Crippen molar-refractivity contribution in [2.45, 2.75) is 58.5 Å². The second-order valence-electron chi connectivity index (χ2n) is 8.03. The Morgan fingerprint density at radius 3 is 2.32 bits per heavy atom. The molecule has 1 aromatic rings. The highest BCUT2D eigenvalue weighted by atomic mass is 79.9. The van der Waals surface area contributed by atoms with Gasteiger partial charge in [-0.05, 0) is 42.5 Å². The van der Waals surface area contributed by atoms with Gasteiger partial charge in [-0.2, -0.15) is 0 Å². The zero-order chi connectivity index (χ0) is 18.4. The first-order chi connectivity index (χ1) is 11.7. The predicted octanol–water partition coefficient (Wildman–Crippen LogP) is 3.51. The van der Waals surface area contributed by atoms with E-state index in [1.165, 1.54) is 4.90 Å². The van der Waals surface area contributed by atoms with E-state index < -0.39 is 6.04 Å². The first-order valence-electron chi connectivity index (χ1n) is 8.61. The normalized spacial score (nSPS) is 21.0. The van der Waals surface area contributed by atoms with Crippen LogP contribution in [0.2, 0.25) is 0 Å². The average molecular weight is 407 g/mol. The molecule has 0 spiro atoms. The van der Waals surface area contributed by atoms with E-state index in [4.69, 9.17) is 0 Å². The van der Waals surface area contributed by atoms with Gasteiger partial charge in [-0.15, -0.1) is 0 Å². The summed E-state index contributed by atoms with van der Waals surface area (Å²) in [7, 11) is 0. The average Bonchev–Trinajstić information content (AvgIpc) is 3.27. The Hall–Kier alpha value is -1.69. The van der Waals surface area contributed by atoms with Gasteiger partial charge in [0, 0.05) is 16.9 Å². The van der Waals surface area contributed by atoms with Crippen LogP contribution in [-0.4, -0.2) is 34.7 Å². The summed E-state index contributed by atoms with van der Waals surface area (Å²) in [4.78, 5) is 41.1. The van der Waals surface area contributed by atoms with Crippen molar-refractivity contribution in [3.8, 4) is 0 Å².